The van der Waals surface area contributed by atoms with Gasteiger partial charge in [-0.25, -0.2) is 9.67 Å². The van der Waals surface area contributed by atoms with Gasteiger partial charge in [0.2, 0.25) is 5.13 Å². The number of anilines is 1. The van der Waals surface area contributed by atoms with Gasteiger partial charge >= 0.3 is 0 Å². The molecule has 0 fully saturated rings. The molecule has 17 heavy (non-hydrogen) atoms. The number of benzene rings is 1. The van der Waals surface area contributed by atoms with E-state index in [1.165, 1.54) is 4.70 Å². The van der Waals surface area contributed by atoms with E-state index in [1.807, 2.05) is 35.3 Å². The van der Waals surface area contributed by atoms with E-state index in [0.29, 0.717) is 0 Å². The van der Waals surface area contributed by atoms with Crippen LogP contribution in [0.25, 0.3) is 15.3 Å². The molecule has 3 rings (SSSR count). The van der Waals surface area contributed by atoms with E-state index in [0.717, 1.165) is 22.9 Å². The average molecular weight is 244 g/mol. The van der Waals surface area contributed by atoms with Crippen molar-refractivity contribution < 1.29 is 0 Å². The van der Waals surface area contributed by atoms with Crippen LogP contribution in [0.4, 0.5) is 5.69 Å². The second kappa shape index (κ2) is 4.18. The normalized spacial score (nSPS) is 10.9. The first-order valence-corrected chi connectivity index (χ1v) is 6.33. The zero-order valence-electron chi connectivity index (χ0n) is 9.42. The van der Waals surface area contributed by atoms with E-state index in [2.05, 4.69) is 28.4 Å². The van der Waals surface area contributed by atoms with Gasteiger partial charge in [-0.3, -0.25) is 0 Å². The molecule has 0 radical (unpaired) electrons. The lowest BCUT2D eigenvalue weighted by molar-refractivity contribution is 0.873. The van der Waals surface area contributed by atoms with Crippen molar-refractivity contribution in [1.82, 2.24) is 14.8 Å². The van der Waals surface area contributed by atoms with Crippen molar-refractivity contribution in [2.45, 2.75) is 6.92 Å². The summed E-state index contributed by atoms with van der Waals surface area (Å²) < 4.78 is 2.99. The largest absolute Gasteiger partial charge is 0.383 e. The van der Waals surface area contributed by atoms with Crippen LogP contribution in [0.2, 0.25) is 0 Å². The van der Waals surface area contributed by atoms with Gasteiger partial charge in [-0.1, -0.05) is 23.5 Å². The van der Waals surface area contributed by atoms with Gasteiger partial charge in [0.15, 0.2) is 0 Å². The molecule has 0 aliphatic rings. The van der Waals surface area contributed by atoms with E-state index >= 15 is 0 Å². The SMILES string of the molecule is CCNc1cnn(-c2nc3ccccc3s2)c1. The Kier molecular flexibility index (Phi) is 2.53. The molecule has 0 aliphatic carbocycles. The third-order valence-electron chi connectivity index (χ3n) is 2.44. The molecule has 0 amide bonds. The van der Waals surface area contributed by atoms with Crippen LogP contribution < -0.4 is 5.32 Å². The van der Waals surface area contributed by atoms with Crippen LogP contribution in [0.15, 0.2) is 36.7 Å². The minimum absolute atomic E-state index is 0.894. The van der Waals surface area contributed by atoms with E-state index in [4.69, 9.17) is 0 Å². The van der Waals surface area contributed by atoms with Gasteiger partial charge in [-0.15, -0.1) is 0 Å². The van der Waals surface area contributed by atoms with Gasteiger partial charge in [0.05, 0.1) is 28.3 Å². The number of rotatable bonds is 3. The van der Waals surface area contributed by atoms with Crippen LogP contribution >= 0.6 is 11.3 Å². The molecule has 0 unspecified atom stereocenters. The third kappa shape index (κ3) is 1.89. The van der Waals surface area contributed by atoms with Gasteiger partial charge in [-0.05, 0) is 19.1 Å². The molecule has 0 saturated heterocycles. The number of aromatic nitrogens is 3. The van der Waals surface area contributed by atoms with Gasteiger partial charge in [0, 0.05) is 6.54 Å². The molecular formula is C12H12N4S. The molecule has 0 atom stereocenters. The maximum absolute atomic E-state index is 4.55. The molecule has 1 aromatic carbocycles. The number of fused-ring (bicyclic) bond motifs is 1. The highest BCUT2D eigenvalue weighted by Gasteiger charge is 2.06. The number of hydrogen-bond donors (Lipinski definition) is 1. The van der Waals surface area contributed by atoms with Crippen LogP contribution in [0.1, 0.15) is 6.92 Å². The summed E-state index contributed by atoms with van der Waals surface area (Å²) in [5, 5.41) is 8.43. The topological polar surface area (TPSA) is 42.7 Å². The fourth-order valence-corrected chi connectivity index (χ4v) is 2.58. The summed E-state index contributed by atoms with van der Waals surface area (Å²) in [7, 11) is 0. The second-order valence-corrected chi connectivity index (χ2v) is 4.68. The molecule has 0 saturated carbocycles. The van der Waals surface area contributed by atoms with Gasteiger partial charge in [0.1, 0.15) is 0 Å². The Morgan fingerprint density at radius 3 is 3.06 bits per heavy atom. The molecule has 0 aliphatic heterocycles. The quantitative estimate of drug-likeness (QED) is 0.770. The lowest BCUT2D eigenvalue weighted by Gasteiger charge is -1.95. The highest BCUT2D eigenvalue weighted by Crippen LogP contribution is 2.24. The molecule has 2 aromatic heterocycles. The minimum atomic E-state index is 0.894. The van der Waals surface area contributed by atoms with Crippen molar-refractivity contribution in [2.24, 2.45) is 0 Å². The predicted molar refractivity (Wildman–Crippen MR) is 70.9 cm³/mol. The van der Waals surface area contributed by atoms with Crippen molar-refractivity contribution in [3.8, 4) is 5.13 Å². The number of para-hydroxylation sites is 1. The summed E-state index contributed by atoms with van der Waals surface area (Å²) in [6, 6.07) is 8.12. The Labute approximate surface area is 103 Å². The maximum Gasteiger partial charge on any atom is 0.211 e. The zero-order valence-corrected chi connectivity index (χ0v) is 10.2. The number of nitrogens with one attached hydrogen (secondary N) is 1. The highest BCUT2D eigenvalue weighted by molar-refractivity contribution is 7.20. The monoisotopic (exact) mass is 244 g/mol. The first kappa shape index (κ1) is 10.3. The van der Waals surface area contributed by atoms with E-state index in [9.17, 15) is 0 Å². The van der Waals surface area contributed by atoms with Gasteiger partial charge in [-0.2, -0.15) is 5.10 Å². The molecule has 0 spiro atoms. The van der Waals surface area contributed by atoms with Crippen LogP contribution in [-0.4, -0.2) is 21.3 Å². The molecule has 1 N–H and O–H groups in total. The molecule has 2 heterocycles. The van der Waals surface area contributed by atoms with Crippen molar-refractivity contribution in [3.05, 3.63) is 36.7 Å². The Morgan fingerprint density at radius 1 is 1.35 bits per heavy atom. The lowest BCUT2D eigenvalue weighted by Crippen LogP contribution is -1.95. The van der Waals surface area contributed by atoms with Crippen molar-refractivity contribution in [1.29, 1.82) is 0 Å². The molecule has 86 valence electrons. The van der Waals surface area contributed by atoms with E-state index < -0.39 is 0 Å². The molecule has 3 aromatic rings. The summed E-state index contributed by atoms with van der Waals surface area (Å²) in [6.45, 7) is 2.96. The molecule has 5 heteroatoms. The van der Waals surface area contributed by atoms with E-state index in [1.54, 1.807) is 11.3 Å². The summed E-state index contributed by atoms with van der Waals surface area (Å²) in [6.07, 6.45) is 3.77. The minimum Gasteiger partial charge on any atom is -0.383 e. The highest BCUT2D eigenvalue weighted by atomic mass is 32.1. The van der Waals surface area contributed by atoms with Crippen LogP contribution in [0.3, 0.4) is 0 Å². The Balaban J connectivity index is 2.01. The Hall–Kier alpha value is -1.88. The van der Waals surface area contributed by atoms with Crippen molar-refractivity contribution in [2.75, 3.05) is 11.9 Å². The predicted octanol–water partition coefficient (Wildman–Crippen LogP) is 2.91. The summed E-state index contributed by atoms with van der Waals surface area (Å²) in [4.78, 5) is 4.55. The zero-order chi connectivity index (χ0) is 11.7. The Bertz CT molecular complexity index is 608. The van der Waals surface area contributed by atoms with Crippen molar-refractivity contribution >= 4 is 27.2 Å². The summed E-state index contributed by atoms with van der Waals surface area (Å²) >= 11 is 1.64. The fourth-order valence-electron chi connectivity index (χ4n) is 1.68. The average Bonchev–Trinajstić information content (AvgIpc) is 2.94. The number of nitrogens with zero attached hydrogens (tertiary/aromatic N) is 3. The smallest absolute Gasteiger partial charge is 0.211 e. The lowest BCUT2D eigenvalue weighted by atomic mass is 10.3. The van der Waals surface area contributed by atoms with E-state index in [-0.39, 0.29) is 0 Å². The van der Waals surface area contributed by atoms with Crippen LogP contribution in [-0.2, 0) is 0 Å². The maximum atomic E-state index is 4.55. The second-order valence-electron chi connectivity index (χ2n) is 3.67. The first-order chi connectivity index (χ1) is 8.36. The summed E-state index contributed by atoms with van der Waals surface area (Å²) in [5.74, 6) is 0. The molecule has 0 bridgehead atoms. The fraction of sp³-hybridized carbons (Fsp3) is 0.167. The molecule has 4 nitrogen and oxygen atoms in total. The van der Waals surface area contributed by atoms with Crippen LogP contribution in [0.5, 0.6) is 0 Å². The standard InChI is InChI=1S/C12H12N4S/c1-2-13-9-7-14-16(8-9)12-15-10-5-3-4-6-11(10)17-12/h3-8,13H,2H2,1H3. The Morgan fingerprint density at radius 2 is 2.24 bits per heavy atom. The first-order valence-electron chi connectivity index (χ1n) is 5.51. The van der Waals surface area contributed by atoms with Gasteiger partial charge in [0.25, 0.3) is 0 Å². The third-order valence-corrected chi connectivity index (χ3v) is 3.47. The molecular weight excluding hydrogens is 232 g/mol. The van der Waals surface area contributed by atoms with Crippen molar-refractivity contribution in [3.63, 3.8) is 0 Å². The number of thiazole rings is 1. The van der Waals surface area contributed by atoms with Crippen LogP contribution in [0, 0.1) is 0 Å². The summed E-state index contributed by atoms with van der Waals surface area (Å²) in [5.41, 5.74) is 2.04. The number of hydrogen-bond acceptors (Lipinski definition) is 4. The van der Waals surface area contributed by atoms with Gasteiger partial charge < -0.3 is 5.32 Å².